The summed E-state index contributed by atoms with van der Waals surface area (Å²) in [6.07, 6.45) is 1.04. The van der Waals surface area contributed by atoms with E-state index in [2.05, 4.69) is 25.7 Å². The quantitative estimate of drug-likeness (QED) is 0.562. The SMILES string of the molecule is COc1ccc(Nc2ncc(-c3cnn(C)c3)c(NC3CCN(C(=O)C(F)(F)F)CC3)n2)cc1. The normalized spacial score (nSPS) is 14.7. The first-order valence-corrected chi connectivity index (χ1v) is 10.6. The number of carbonyl (C=O) groups is 1. The van der Waals surface area contributed by atoms with Gasteiger partial charge < -0.3 is 20.3 Å². The molecule has 34 heavy (non-hydrogen) atoms. The molecule has 0 atom stereocenters. The van der Waals surface area contributed by atoms with Gasteiger partial charge in [-0.15, -0.1) is 0 Å². The van der Waals surface area contributed by atoms with Gasteiger partial charge in [0, 0.05) is 55.4 Å². The lowest BCUT2D eigenvalue weighted by atomic mass is 10.0. The van der Waals surface area contributed by atoms with Gasteiger partial charge in [-0.3, -0.25) is 9.48 Å². The zero-order valence-corrected chi connectivity index (χ0v) is 18.6. The Morgan fingerprint density at radius 1 is 1.15 bits per heavy atom. The van der Waals surface area contributed by atoms with Crippen molar-refractivity contribution in [1.82, 2.24) is 24.6 Å². The summed E-state index contributed by atoms with van der Waals surface area (Å²) < 4.78 is 45.0. The molecule has 0 spiro atoms. The van der Waals surface area contributed by atoms with Crippen molar-refractivity contribution >= 4 is 23.4 Å². The minimum atomic E-state index is -4.86. The van der Waals surface area contributed by atoms with Crippen molar-refractivity contribution in [3.05, 3.63) is 42.9 Å². The van der Waals surface area contributed by atoms with E-state index in [4.69, 9.17) is 4.74 Å². The maximum absolute atomic E-state index is 12.7. The molecule has 1 fully saturated rings. The van der Waals surface area contributed by atoms with E-state index in [1.807, 2.05) is 30.5 Å². The summed E-state index contributed by atoms with van der Waals surface area (Å²) in [7, 11) is 3.38. The first-order valence-electron chi connectivity index (χ1n) is 10.6. The van der Waals surface area contributed by atoms with Gasteiger partial charge in [-0.25, -0.2) is 4.98 Å². The molecule has 3 heterocycles. The molecular weight excluding hydrogens is 451 g/mol. The third kappa shape index (κ3) is 5.38. The number of carbonyl (C=O) groups excluding carboxylic acids is 1. The number of aromatic nitrogens is 4. The molecule has 0 radical (unpaired) electrons. The fourth-order valence-corrected chi connectivity index (χ4v) is 3.73. The predicted molar refractivity (Wildman–Crippen MR) is 120 cm³/mol. The summed E-state index contributed by atoms with van der Waals surface area (Å²) in [5.74, 6) is -0.198. The van der Waals surface area contributed by atoms with Gasteiger partial charge in [-0.05, 0) is 37.1 Å². The molecule has 0 unspecified atom stereocenters. The van der Waals surface area contributed by atoms with Crippen molar-refractivity contribution in [2.24, 2.45) is 7.05 Å². The number of rotatable bonds is 6. The molecule has 2 N–H and O–H groups in total. The second kappa shape index (κ2) is 9.57. The third-order valence-electron chi connectivity index (χ3n) is 5.52. The minimum absolute atomic E-state index is 0.0142. The molecule has 1 aromatic carbocycles. The Labute approximate surface area is 194 Å². The smallest absolute Gasteiger partial charge is 0.471 e. The number of anilines is 3. The van der Waals surface area contributed by atoms with Gasteiger partial charge in [0.05, 0.1) is 13.3 Å². The monoisotopic (exact) mass is 475 g/mol. The van der Waals surface area contributed by atoms with Crippen molar-refractivity contribution in [2.75, 3.05) is 30.8 Å². The summed E-state index contributed by atoms with van der Waals surface area (Å²) in [6, 6.07) is 7.12. The second-order valence-electron chi connectivity index (χ2n) is 7.92. The molecule has 1 saturated heterocycles. The fraction of sp³-hybridized carbons (Fsp3) is 0.364. The van der Waals surface area contributed by atoms with Crippen LogP contribution >= 0.6 is 0 Å². The van der Waals surface area contributed by atoms with Crippen LogP contribution in [0.5, 0.6) is 5.75 Å². The molecule has 4 rings (SSSR count). The highest BCUT2D eigenvalue weighted by molar-refractivity contribution is 5.82. The van der Waals surface area contributed by atoms with Gasteiger partial charge in [0.25, 0.3) is 0 Å². The van der Waals surface area contributed by atoms with Gasteiger partial charge in [0.1, 0.15) is 11.6 Å². The number of halogens is 3. The van der Waals surface area contributed by atoms with Gasteiger partial charge in [-0.1, -0.05) is 0 Å². The van der Waals surface area contributed by atoms with Crippen molar-refractivity contribution in [2.45, 2.75) is 25.1 Å². The van der Waals surface area contributed by atoms with Crippen LogP contribution in [0.25, 0.3) is 11.1 Å². The van der Waals surface area contributed by atoms with Crippen LogP contribution in [0.3, 0.4) is 0 Å². The summed E-state index contributed by atoms with van der Waals surface area (Å²) >= 11 is 0. The Kier molecular flexibility index (Phi) is 6.57. The third-order valence-corrected chi connectivity index (χ3v) is 5.52. The molecule has 0 aliphatic carbocycles. The number of ether oxygens (including phenoxy) is 1. The Balaban J connectivity index is 1.53. The molecule has 1 aliphatic heterocycles. The predicted octanol–water partition coefficient (Wildman–Crippen LogP) is 3.59. The number of nitrogens with one attached hydrogen (secondary N) is 2. The lowest BCUT2D eigenvalue weighted by Gasteiger charge is -2.33. The minimum Gasteiger partial charge on any atom is -0.497 e. The first-order chi connectivity index (χ1) is 16.2. The largest absolute Gasteiger partial charge is 0.497 e. The number of likely N-dealkylation sites (tertiary alicyclic amines) is 1. The number of nitrogens with zero attached hydrogens (tertiary/aromatic N) is 5. The lowest BCUT2D eigenvalue weighted by Crippen LogP contribution is -2.47. The number of hydrogen-bond acceptors (Lipinski definition) is 7. The second-order valence-corrected chi connectivity index (χ2v) is 7.92. The molecule has 2 aromatic heterocycles. The maximum atomic E-state index is 12.7. The van der Waals surface area contributed by atoms with E-state index in [1.54, 1.807) is 31.2 Å². The van der Waals surface area contributed by atoms with Gasteiger partial charge in [0.15, 0.2) is 0 Å². The van der Waals surface area contributed by atoms with Crippen LogP contribution in [0.4, 0.5) is 30.6 Å². The van der Waals surface area contributed by atoms with E-state index < -0.39 is 12.1 Å². The molecule has 1 amide bonds. The van der Waals surface area contributed by atoms with E-state index in [1.165, 1.54) is 0 Å². The molecule has 12 heteroatoms. The summed E-state index contributed by atoms with van der Waals surface area (Å²) in [4.78, 5) is 21.4. The molecule has 0 bridgehead atoms. The number of methoxy groups -OCH3 is 1. The van der Waals surface area contributed by atoms with Crippen LogP contribution < -0.4 is 15.4 Å². The molecular formula is C22H24F3N7O2. The van der Waals surface area contributed by atoms with Crippen molar-refractivity contribution in [3.8, 4) is 16.9 Å². The average molecular weight is 475 g/mol. The van der Waals surface area contributed by atoms with Gasteiger partial charge in [0.2, 0.25) is 5.95 Å². The molecule has 0 saturated carbocycles. The van der Waals surface area contributed by atoms with Crippen molar-refractivity contribution in [1.29, 1.82) is 0 Å². The summed E-state index contributed by atoms with van der Waals surface area (Å²) in [5.41, 5.74) is 2.27. The van der Waals surface area contributed by atoms with Gasteiger partial charge in [-0.2, -0.15) is 23.3 Å². The Morgan fingerprint density at radius 3 is 2.44 bits per heavy atom. The number of piperidine rings is 1. The zero-order chi connectivity index (χ0) is 24.3. The topological polar surface area (TPSA) is 97.2 Å². The van der Waals surface area contributed by atoms with Crippen LogP contribution in [-0.4, -0.2) is 63.0 Å². The highest BCUT2D eigenvalue weighted by atomic mass is 19.4. The van der Waals surface area contributed by atoms with E-state index >= 15 is 0 Å². The number of aryl methyl sites for hydroxylation is 1. The Bertz CT molecular complexity index is 1140. The van der Waals surface area contributed by atoms with Crippen molar-refractivity contribution < 1.29 is 22.7 Å². The molecule has 9 nitrogen and oxygen atoms in total. The van der Waals surface area contributed by atoms with Crippen LogP contribution in [0.15, 0.2) is 42.9 Å². The number of alkyl halides is 3. The highest BCUT2D eigenvalue weighted by Gasteiger charge is 2.43. The van der Waals surface area contributed by atoms with Crippen LogP contribution in [0.1, 0.15) is 12.8 Å². The van der Waals surface area contributed by atoms with Crippen LogP contribution in [0.2, 0.25) is 0 Å². The summed E-state index contributed by atoms with van der Waals surface area (Å²) in [6.45, 7) is 0.0283. The first kappa shape index (κ1) is 23.3. The van der Waals surface area contributed by atoms with Crippen molar-refractivity contribution in [3.63, 3.8) is 0 Å². The van der Waals surface area contributed by atoms with Crippen LogP contribution in [0, 0.1) is 0 Å². The highest BCUT2D eigenvalue weighted by Crippen LogP contribution is 2.30. The van der Waals surface area contributed by atoms with E-state index in [0.717, 1.165) is 21.9 Å². The molecule has 1 aliphatic rings. The Hall–Kier alpha value is -3.83. The molecule has 3 aromatic rings. The standard InChI is InChI=1S/C22H24F3N7O2/c1-31-13-14(11-27-31)18-12-26-21(29-15-3-5-17(34-2)6-4-15)30-19(18)28-16-7-9-32(10-8-16)20(33)22(23,24)25/h3-6,11-13,16H,7-10H2,1-2H3,(H2,26,28,29,30). The number of amides is 1. The van der Waals surface area contributed by atoms with Crippen LogP contribution in [-0.2, 0) is 11.8 Å². The fourth-order valence-electron chi connectivity index (χ4n) is 3.73. The lowest BCUT2D eigenvalue weighted by molar-refractivity contribution is -0.186. The zero-order valence-electron chi connectivity index (χ0n) is 18.6. The van der Waals surface area contributed by atoms with E-state index in [0.29, 0.717) is 30.2 Å². The average Bonchev–Trinajstić information content (AvgIpc) is 3.25. The summed E-state index contributed by atoms with van der Waals surface area (Å²) in [5, 5.41) is 10.7. The van der Waals surface area contributed by atoms with E-state index in [9.17, 15) is 18.0 Å². The number of hydrogen-bond donors (Lipinski definition) is 2. The Morgan fingerprint density at radius 2 is 1.85 bits per heavy atom. The van der Waals surface area contributed by atoms with Gasteiger partial charge >= 0.3 is 12.1 Å². The maximum Gasteiger partial charge on any atom is 0.471 e. The number of benzene rings is 1. The molecule has 180 valence electrons. The van der Waals surface area contributed by atoms with E-state index in [-0.39, 0.29) is 19.1 Å².